The fourth-order valence-corrected chi connectivity index (χ4v) is 4.31. The zero-order chi connectivity index (χ0) is 28.3. The number of alkyl halides is 3. The number of nitrogens with one attached hydrogen (secondary N) is 2. The van der Waals surface area contributed by atoms with Gasteiger partial charge < -0.3 is 15.8 Å². The number of para-hydroxylation sites is 1. The molecule has 8 nitrogen and oxygen atoms in total. The summed E-state index contributed by atoms with van der Waals surface area (Å²) >= 11 is 5.30. The molecule has 0 spiro atoms. The molecule has 204 valence electrons. The van der Waals surface area contributed by atoms with Crippen molar-refractivity contribution in [2.75, 3.05) is 10.3 Å². The standard InChI is InChI=1S/C27H27F3N6O2S/c1-16(2)20-6-4-5-7-22(20)36(26(31)39)32-15-17-8-13-21-23(14-17)35(3)34-24(21)25(37)33-18-9-11-19(12-10-18)38-27(28,29)30/h4-14,16,32H,15H2,1-3H3,(H2,31,39)(H,33,37). The third-order valence-corrected chi connectivity index (χ3v) is 6.12. The molecule has 4 rings (SSSR count). The van der Waals surface area contributed by atoms with Crippen LogP contribution in [0.25, 0.3) is 10.9 Å². The summed E-state index contributed by atoms with van der Waals surface area (Å²) in [5.41, 5.74) is 13.4. The monoisotopic (exact) mass is 556 g/mol. The number of benzene rings is 3. The van der Waals surface area contributed by atoms with Crippen LogP contribution in [0, 0.1) is 0 Å². The zero-order valence-corrected chi connectivity index (χ0v) is 22.2. The van der Waals surface area contributed by atoms with Crippen LogP contribution in [0.4, 0.5) is 24.5 Å². The molecule has 1 amide bonds. The first kappa shape index (κ1) is 27.9. The number of ether oxygens (including phenoxy) is 1. The molecule has 3 aromatic carbocycles. The summed E-state index contributed by atoms with van der Waals surface area (Å²) < 4.78 is 42.6. The number of rotatable bonds is 8. The fourth-order valence-electron chi connectivity index (χ4n) is 4.14. The number of aryl methyl sites for hydroxylation is 1. The number of carbonyl (C=O) groups excluding carboxylic acids is 1. The predicted octanol–water partition coefficient (Wildman–Crippen LogP) is 5.60. The Hall–Kier alpha value is -4.16. The van der Waals surface area contributed by atoms with Gasteiger partial charge in [-0.05, 0) is 65.7 Å². The van der Waals surface area contributed by atoms with Crippen LogP contribution >= 0.6 is 12.2 Å². The highest BCUT2D eigenvalue weighted by atomic mass is 32.1. The number of nitrogens with zero attached hydrogens (tertiary/aromatic N) is 3. The summed E-state index contributed by atoms with van der Waals surface area (Å²) in [6.45, 7) is 4.59. The minimum absolute atomic E-state index is 0.179. The highest BCUT2D eigenvalue weighted by molar-refractivity contribution is 7.80. The smallest absolute Gasteiger partial charge is 0.406 e. The average molecular weight is 557 g/mol. The third kappa shape index (κ3) is 6.65. The van der Waals surface area contributed by atoms with Crippen LogP contribution in [-0.2, 0) is 13.6 Å². The van der Waals surface area contributed by atoms with Gasteiger partial charge in [0.1, 0.15) is 5.75 Å². The van der Waals surface area contributed by atoms with Crippen molar-refractivity contribution in [1.82, 2.24) is 15.2 Å². The van der Waals surface area contributed by atoms with Crippen LogP contribution in [-0.4, -0.2) is 27.2 Å². The number of thiocarbonyl (C=S) groups is 1. The van der Waals surface area contributed by atoms with Gasteiger partial charge in [0.2, 0.25) is 0 Å². The fraction of sp³-hybridized carbons (Fsp3) is 0.222. The molecule has 39 heavy (non-hydrogen) atoms. The van der Waals surface area contributed by atoms with Crippen LogP contribution < -0.4 is 26.2 Å². The number of nitrogens with two attached hydrogens (primary N) is 1. The van der Waals surface area contributed by atoms with E-state index >= 15 is 0 Å². The molecule has 4 N–H and O–H groups in total. The number of hydrogen-bond donors (Lipinski definition) is 3. The minimum atomic E-state index is -4.79. The van der Waals surface area contributed by atoms with Crippen LogP contribution in [0.15, 0.2) is 66.7 Å². The summed E-state index contributed by atoms with van der Waals surface area (Å²) in [6.07, 6.45) is -4.79. The highest BCUT2D eigenvalue weighted by Gasteiger charge is 2.31. The molecule has 0 radical (unpaired) electrons. The lowest BCUT2D eigenvalue weighted by Crippen LogP contribution is -2.46. The molecule has 0 saturated carbocycles. The van der Waals surface area contributed by atoms with E-state index in [2.05, 4.69) is 34.4 Å². The van der Waals surface area contributed by atoms with E-state index in [0.717, 1.165) is 34.5 Å². The van der Waals surface area contributed by atoms with Crippen LogP contribution in [0.5, 0.6) is 5.75 Å². The van der Waals surface area contributed by atoms with Gasteiger partial charge in [-0.2, -0.15) is 5.10 Å². The van der Waals surface area contributed by atoms with Gasteiger partial charge in [0.25, 0.3) is 5.91 Å². The van der Waals surface area contributed by atoms with Gasteiger partial charge in [-0.25, -0.2) is 5.43 Å². The molecule has 1 heterocycles. The summed E-state index contributed by atoms with van der Waals surface area (Å²) in [5, 5.41) is 9.49. The first-order valence-electron chi connectivity index (χ1n) is 12.0. The lowest BCUT2D eigenvalue weighted by Gasteiger charge is -2.27. The van der Waals surface area contributed by atoms with E-state index in [1.807, 2.05) is 36.4 Å². The van der Waals surface area contributed by atoms with E-state index in [4.69, 9.17) is 18.0 Å². The molecule has 0 aliphatic rings. The van der Waals surface area contributed by atoms with Crippen LogP contribution in [0.3, 0.4) is 0 Å². The Kier molecular flexibility index (Phi) is 8.07. The maximum Gasteiger partial charge on any atom is 0.573 e. The Morgan fingerprint density at radius 1 is 1.13 bits per heavy atom. The predicted molar refractivity (Wildman–Crippen MR) is 148 cm³/mol. The zero-order valence-electron chi connectivity index (χ0n) is 21.4. The topological polar surface area (TPSA) is 97.4 Å². The van der Waals surface area contributed by atoms with E-state index < -0.39 is 12.3 Å². The van der Waals surface area contributed by atoms with Gasteiger partial charge in [-0.3, -0.25) is 14.5 Å². The second kappa shape index (κ2) is 11.3. The van der Waals surface area contributed by atoms with E-state index in [1.165, 1.54) is 12.1 Å². The molecule has 0 unspecified atom stereocenters. The first-order chi connectivity index (χ1) is 18.4. The molecular formula is C27H27F3N6O2S. The number of fused-ring (bicyclic) bond motifs is 1. The Morgan fingerprint density at radius 2 is 1.82 bits per heavy atom. The van der Waals surface area contributed by atoms with Crippen molar-refractivity contribution in [1.29, 1.82) is 0 Å². The van der Waals surface area contributed by atoms with Gasteiger partial charge >= 0.3 is 6.36 Å². The normalized spacial score (nSPS) is 11.6. The number of hydrazine groups is 1. The molecule has 12 heteroatoms. The molecular weight excluding hydrogens is 529 g/mol. The minimum Gasteiger partial charge on any atom is -0.406 e. The number of aromatic nitrogens is 2. The number of amides is 1. The second-order valence-corrected chi connectivity index (χ2v) is 9.49. The third-order valence-electron chi connectivity index (χ3n) is 5.94. The largest absolute Gasteiger partial charge is 0.573 e. The van der Waals surface area contributed by atoms with Crippen molar-refractivity contribution in [3.8, 4) is 5.75 Å². The molecule has 0 atom stereocenters. The number of halogens is 3. The maximum atomic E-state index is 12.9. The number of carbonyl (C=O) groups is 1. The van der Waals surface area contributed by atoms with Gasteiger partial charge in [0.05, 0.1) is 11.2 Å². The molecule has 1 aromatic heterocycles. The summed E-state index contributed by atoms with van der Waals surface area (Å²) in [7, 11) is 1.72. The number of anilines is 2. The highest BCUT2D eigenvalue weighted by Crippen LogP contribution is 2.28. The quantitative estimate of drug-likeness (QED) is 0.192. The molecule has 0 aliphatic heterocycles. The van der Waals surface area contributed by atoms with Crippen molar-refractivity contribution in [3.63, 3.8) is 0 Å². The number of hydrogen-bond acceptors (Lipinski definition) is 5. The molecule has 0 fully saturated rings. The van der Waals surface area contributed by atoms with E-state index in [0.29, 0.717) is 17.6 Å². The van der Waals surface area contributed by atoms with Gasteiger partial charge in [0.15, 0.2) is 10.8 Å². The molecule has 0 bridgehead atoms. The van der Waals surface area contributed by atoms with Crippen LogP contribution in [0.1, 0.15) is 41.4 Å². The summed E-state index contributed by atoms with van der Waals surface area (Å²) in [6, 6.07) is 18.3. The SMILES string of the molecule is CC(C)c1ccccc1N(NCc1ccc2c(C(=O)Nc3ccc(OC(F)(F)F)cc3)nn(C)c2c1)C(N)=S. The first-order valence-corrected chi connectivity index (χ1v) is 12.4. The Balaban J connectivity index is 1.50. The van der Waals surface area contributed by atoms with E-state index in [1.54, 1.807) is 22.8 Å². The molecule has 0 saturated heterocycles. The molecule has 0 aliphatic carbocycles. The Morgan fingerprint density at radius 3 is 2.46 bits per heavy atom. The lowest BCUT2D eigenvalue weighted by atomic mass is 10.0. The van der Waals surface area contributed by atoms with Crippen molar-refractivity contribution in [3.05, 3.63) is 83.6 Å². The van der Waals surface area contributed by atoms with Crippen molar-refractivity contribution >= 4 is 45.5 Å². The Labute approximate surface area is 228 Å². The van der Waals surface area contributed by atoms with Crippen molar-refractivity contribution in [2.45, 2.75) is 32.7 Å². The molecule has 4 aromatic rings. The van der Waals surface area contributed by atoms with Gasteiger partial charge in [-0.1, -0.05) is 44.2 Å². The average Bonchev–Trinajstić information content (AvgIpc) is 3.20. The lowest BCUT2D eigenvalue weighted by molar-refractivity contribution is -0.274. The summed E-state index contributed by atoms with van der Waals surface area (Å²) in [4.78, 5) is 12.9. The van der Waals surface area contributed by atoms with Crippen LogP contribution in [0.2, 0.25) is 0 Å². The van der Waals surface area contributed by atoms with Gasteiger partial charge in [0, 0.05) is 24.7 Å². The van der Waals surface area contributed by atoms with E-state index in [9.17, 15) is 18.0 Å². The van der Waals surface area contributed by atoms with Crippen molar-refractivity contribution < 1.29 is 22.7 Å². The van der Waals surface area contributed by atoms with Gasteiger partial charge in [-0.15, -0.1) is 13.2 Å². The van der Waals surface area contributed by atoms with Crippen molar-refractivity contribution in [2.24, 2.45) is 12.8 Å². The maximum absolute atomic E-state index is 12.9. The second-order valence-electron chi connectivity index (χ2n) is 9.07. The Bertz CT molecular complexity index is 1500. The van der Waals surface area contributed by atoms with E-state index in [-0.39, 0.29) is 22.5 Å². The summed E-state index contributed by atoms with van der Waals surface area (Å²) in [5.74, 6) is -0.617.